The summed E-state index contributed by atoms with van der Waals surface area (Å²) in [5.74, 6) is 0. The maximum Gasteiger partial charge on any atom is 0.0991 e. The minimum atomic E-state index is 0.712. The Bertz CT molecular complexity index is 720. The van der Waals surface area contributed by atoms with Crippen LogP contribution in [0.3, 0.4) is 0 Å². The van der Waals surface area contributed by atoms with E-state index in [1.54, 1.807) is 0 Å². The van der Waals surface area contributed by atoms with Crippen molar-refractivity contribution >= 4 is 21.5 Å². The fraction of sp³-hybridized carbons (Fsp3) is 0. The second-order valence-electron chi connectivity index (χ2n) is 3.83. The van der Waals surface area contributed by atoms with Gasteiger partial charge in [0.05, 0.1) is 11.6 Å². The van der Waals surface area contributed by atoms with Crippen LogP contribution in [0.15, 0.2) is 54.6 Å². The fourth-order valence-electron chi connectivity index (χ4n) is 2.07. The van der Waals surface area contributed by atoms with E-state index < -0.39 is 0 Å². The van der Waals surface area contributed by atoms with Crippen LogP contribution < -0.4 is 0 Å². The molecule has 0 atom stereocenters. The van der Waals surface area contributed by atoms with Gasteiger partial charge in [0.2, 0.25) is 0 Å². The van der Waals surface area contributed by atoms with Gasteiger partial charge in [0.1, 0.15) is 0 Å². The lowest BCUT2D eigenvalue weighted by Gasteiger charge is -2.03. The zero-order valence-electron chi connectivity index (χ0n) is 8.64. The van der Waals surface area contributed by atoms with Crippen LogP contribution in [0, 0.1) is 11.3 Å². The molecule has 3 aromatic rings. The molecule has 0 aliphatic rings. The Morgan fingerprint density at radius 2 is 1.44 bits per heavy atom. The van der Waals surface area contributed by atoms with Gasteiger partial charge >= 0.3 is 0 Å². The average Bonchev–Trinajstić information content (AvgIpc) is 2.38. The number of benzene rings is 3. The van der Waals surface area contributed by atoms with Gasteiger partial charge < -0.3 is 0 Å². The fourth-order valence-corrected chi connectivity index (χ4v) is 2.07. The minimum absolute atomic E-state index is 0.712. The highest BCUT2D eigenvalue weighted by molar-refractivity contribution is 6.07. The van der Waals surface area contributed by atoms with Gasteiger partial charge in [-0.2, -0.15) is 5.26 Å². The van der Waals surface area contributed by atoms with E-state index in [4.69, 9.17) is 5.26 Å². The molecule has 1 heteroatoms. The van der Waals surface area contributed by atoms with E-state index in [9.17, 15) is 0 Å². The van der Waals surface area contributed by atoms with Crippen molar-refractivity contribution in [3.8, 4) is 6.07 Å². The Labute approximate surface area is 93.6 Å². The molecule has 0 aromatic heterocycles. The summed E-state index contributed by atoms with van der Waals surface area (Å²) in [6.07, 6.45) is 0. The molecule has 0 amide bonds. The smallest absolute Gasteiger partial charge is 0.0991 e. The number of rotatable bonds is 0. The Kier molecular flexibility index (Phi) is 1.88. The monoisotopic (exact) mass is 203 g/mol. The second-order valence-corrected chi connectivity index (χ2v) is 3.83. The molecule has 0 fully saturated rings. The van der Waals surface area contributed by atoms with Crippen LogP contribution in [0.1, 0.15) is 5.56 Å². The quantitative estimate of drug-likeness (QED) is 0.509. The van der Waals surface area contributed by atoms with Crippen molar-refractivity contribution < 1.29 is 0 Å². The highest BCUT2D eigenvalue weighted by atomic mass is 14.2. The van der Waals surface area contributed by atoms with Crippen molar-refractivity contribution in [1.82, 2.24) is 0 Å². The van der Waals surface area contributed by atoms with Crippen molar-refractivity contribution in [2.75, 3.05) is 0 Å². The highest BCUT2D eigenvalue weighted by Gasteiger charge is 2.00. The number of hydrogen-bond acceptors (Lipinski definition) is 1. The summed E-state index contributed by atoms with van der Waals surface area (Å²) < 4.78 is 0. The first-order valence-corrected chi connectivity index (χ1v) is 5.20. The molecule has 0 aliphatic carbocycles. The number of fused-ring (bicyclic) bond motifs is 3. The zero-order valence-corrected chi connectivity index (χ0v) is 8.64. The molecule has 0 spiro atoms. The van der Waals surface area contributed by atoms with Gasteiger partial charge in [-0.1, -0.05) is 42.5 Å². The summed E-state index contributed by atoms with van der Waals surface area (Å²) in [4.78, 5) is 0. The van der Waals surface area contributed by atoms with Crippen LogP contribution >= 0.6 is 0 Å². The Hall–Kier alpha value is -2.33. The molecule has 3 aromatic carbocycles. The molecule has 74 valence electrons. The second kappa shape index (κ2) is 3.36. The Morgan fingerprint density at radius 3 is 2.25 bits per heavy atom. The van der Waals surface area contributed by atoms with E-state index in [1.807, 2.05) is 30.3 Å². The molecule has 0 radical (unpaired) electrons. The summed E-state index contributed by atoms with van der Waals surface area (Å²) in [6.45, 7) is 0. The van der Waals surface area contributed by atoms with Crippen LogP contribution in [-0.2, 0) is 0 Å². The standard InChI is InChI=1S/C15H9N/c16-10-11-5-6-13-8-7-12-3-1-2-4-14(12)15(13)9-11/h1-9H. The maximum atomic E-state index is 8.92. The molecule has 0 saturated heterocycles. The normalized spacial score (nSPS) is 10.4. The molecule has 0 saturated carbocycles. The molecule has 3 rings (SSSR count). The molecule has 0 bridgehead atoms. The predicted octanol–water partition coefficient (Wildman–Crippen LogP) is 3.86. The van der Waals surface area contributed by atoms with E-state index in [2.05, 4.69) is 30.3 Å². The third-order valence-corrected chi connectivity index (χ3v) is 2.88. The van der Waals surface area contributed by atoms with Crippen molar-refractivity contribution in [3.63, 3.8) is 0 Å². The molecular weight excluding hydrogens is 194 g/mol. The van der Waals surface area contributed by atoms with Crippen LogP contribution in [0.5, 0.6) is 0 Å². The van der Waals surface area contributed by atoms with Gasteiger partial charge in [-0.3, -0.25) is 0 Å². The summed E-state index contributed by atoms with van der Waals surface area (Å²) in [5, 5.41) is 13.7. The van der Waals surface area contributed by atoms with Crippen LogP contribution in [-0.4, -0.2) is 0 Å². The molecule has 0 N–H and O–H groups in total. The molecule has 0 aliphatic heterocycles. The van der Waals surface area contributed by atoms with Crippen LogP contribution in [0.25, 0.3) is 21.5 Å². The van der Waals surface area contributed by atoms with Gasteiger partial charge in [0.25, 0.3) is 0 Å². The Balaban J connectivity index is 2.53. The van der Waals surface area contributed by atoms with E-state index in [0.29, 0.717) is 5.56 Å². The average molecular weight is 203 g/mol. The maximum absolute atomic E-state index is 8.92. The molecular formula is C15H9N. The minimum Gasteiger partial charge on any atom is -0.192 e. The zero-order chi connectivity index (χ0) is 11.0. The lowest BCUT2D eigenvalue weighted by molar-refractivity contribution is 1.50. The van der Waals surface area contributed by atoms with Gasteiger partial charge in [-0.15, -0.1) is 0 Å². The summed E-state index contributed by atoms with van der Waals surface area (Å²) in [5.41, 5.74) is 0.712. The molecule has 1 nitrogen and oxygen atoms in total. The molecule has 0 unspecified atom stereocenters. The first kappa shape index (κ1) is 8.94. The summed E-state index contributed by atoms with van der Waals surface area (Å²) in [7, 11) is 0. The predicted molar refractivity (Wildman–Crippen MR) is 66.2 cm³/mol. The van der Waals surface area contributed by atoms with E-state index in [1.165, 1.54) is 16.2 Å². The van der Waals surface area contributed by atoms with Gasteiger partial charge in [0.15, 0.2) is 0 Å². The van der Waals surface area contributed by atoms with Gasteiger partial charge in [0, 0.05) is 0 Å². The topological polar surface area (TPSA) is 23.8 Å². The Morgan fingerprint density at radius 1 is 0.750 bits per heavy atom. The first-order valence-electron chi connectivity index (χ1n) is 5.20. The van der Waals surface area contributed by atoms with Crippen molar-refractivity contribution in [2.24, 2.45) is 0 Å². The van der Waals surface area contributed by atoms with Crippen molar-refractivity contribution in [3.05, 3.63) is 60.2 Å². The molecule has 0 heterocycles. The third-order valence-electron chi connectivity index (χ3n) is 2.88. The lowest BCUT2D eigenvalue weighted by Crippen LogP contribution is -1.79. The SMILES string of the molecule is N#Cc1ccc2ccc3ccccc3c2c1. The van der Waals surface area contributed by atoms with Crippen molar-refractivity contribution in [1.29, 1.82) is 5.26 Å². The van der Waals surface area contributed by atoms with Crippen LogP contribution in [0.4, 0.5) is 0 Å². The van der Waals surface area contributed by atoms with Crippen LogP contribution in [0.2, 0.25) is 0 Å². The van der Waals surface area contributed by atoms with Gasteiger partial charge in [-0.05, 0) is 33.7 Å². The van der Waals surface area contributed by atoms with E-state index >= 15 is 0 Å². The van der Waals surface area contributed by atoms with E-state index in [0.717, 1.165) is 5.39 Å². The lowest BCUT2D eigenvalue weighted by atomic mass is 10.0. The molecule has 16 heavy (non-hydrogen) atoms. The van der Waals surface area contributed by atoms with Gasteiger partial charge in [-0.25, -0.2) is 0 Å². The summed E-state index contributed by atoms with van der Waals surface area (Å²) in [6, 6.07) is 20.5. The summed E-state index contributed by atoms with van der Waals surface area (Å²) >= 11 is 0. The largest absolute Gasteiger partial charge is 0.192 e. The third kappa shape index (κ3) is 1.24. The number of nitriles is 1. The highest BCUT2D eigenvalue weighted by Crippen LogP contribution is 2.25. The first-order chi connectivity index (χ1) is 7.88. The number of nitrogens with zero attached hydrogens (tertiary/aromatic N) is 1. The van der Waals surface area contributed by atoms with Crippen molar-refractivity contribution in [2.45, 2.75) is 0 Å². The van der Waals surface area contributed by atoms with E-state index in [-0.39, 0.29) is 0 Å². The number of hydrogen-bond donors (Lipinski definition) is 0.